The summed E-state index contributed by atoms with van der Waals surface area (Å²) < 4.78 is 5.33. The molecule has 4 rings (SSSR count). The highest BCUT2D eigenvalue weighted by Crippen LogP contribution is 2.24. The standard InChI is InChI=1S/C22H23N5O2/c1-29-19-4-2-3-18(15-19)26-11-13-27(14-12-26)22-24-10-9-20(25-22)16-5-7-17(8-6-16)21(23)28/h2-10,15H,11-14H2,1H3,(H2,23,28). The van der Waals surface area contributed by atoms with Gasteiger partial charge in [-0.2, -0.15) is 0 Å². The van der Waals surface area contributed by atoms with Gasteiger partial charge in [-0.25, -0.2) is 9.97 Å². The van der Waals surface area contributed by atoms with Crippen LogP contribution in [-0.4, -0.2) is 49.2 Å². The van der Waals surface area contributed by atoms with Gasteiger partial charge >= 0.3 is 0 Å². The molecule has 3 aromatic rings. The fourth-order valence-electron chi connectivity index (χ4n) is 3.44. The summed E-state index contributed by atoms with van der Waals surface area (Å²) in [6.45, 7) is 3.44. The van der Waals surface area contributed by atoms with Crippen molar-refractivity contribution in [1.29, 1.82) is 0 Å². The maximum Gasteiger partial charge on any atom is 0.248 e. The van der Waals surface area contributed by atoms with Crippen molar-refractivity contribution in [2.45, 2.75) is 0 Å². The maximum atomic E-state index is 11.3. The van der Waals surface area contributed by atoms with Gasteiger partial charge < -0.3 is 20.3 Å². The quantitative estimate of drug-likeness (QED) is 0.722. The Bertz CT molecular complexity index is 998. The molecule has 2 aromatic carbocycles. The number of carbonyl (C=O) groups is 1. The highest BCUT2D eigenvalue weighted by Gasteiger charge is 2.20. The zero-order valence-corrected chi connectivity index (χ0v) is 16.3. The fourth-order valence-corrected chi connectivity index (χ4v) is 3.44. The Kier molecular flexibility index (Phi) is 5.29. The van der Waals surface area contributed by atoms with E-state index in [2.05, 4.69) is 26.9 Å². The molecule has 0 spiro atoms. The predicted octanol–water partition coefficient (Wildman–Crippen LogP) is 2.58. The second-order valence-corrected chi connectivity index (χ2v) is 6.86. The van der Waals surface area contributed by atoms with E-state index in [-0.39, 0.29) is 0 Å². The van der Waals surface area contributed by atoms with Gasteiger partial charge in [-0.05, 0) is 30.3 Å². The normalized spacial score (nSPS) is 14.0. The van der Waals surface area contributed by atoms with E-state index in [0.717, 1.165) is 48.9 Å². The number of benzene rings is 2. The lowest BCUT2D eigenvalue weighted by Gasteiger charge is -2.36. The Morgan fingerprint density at radius 3 is 2.41 bits per heavy atom. The van der Waals surface area contributed by atoms with Crippen LogP contribution >= 0.6 is 0 Å². The number of methoxy groups -OCH3 is 1. The molecule has 1 aliphatic heterocycles. The zero-order chi connectivity index (χ0) is 20.2. The summed E-state index contributed by atoms with van der Waals surface area (Å²) in [7, 11) is 1.68. The molecule has 0 saturated carbocycles. The van der Waals surface area contributed by atoms with E-state index < -0.39 is 5.91 Å². The number of amides is 1. The predicted molar refractivity (Wildman–Crippen MR) is 113 cm³/mol. The minimum absolute atomic E-state index is 0.436. The number of piperazine rings is 1. The molecule has 0 aliphatic carbocycles. The van der Waals surface area contributed by atoms with Gasteiger partial charge in [-0.15, -0.1) is 0 Å². The Morgan fingerprint density at radius 1 is 1.00 bits per heavy atom. The highest BCUT2D eigenvalue weighted by molar-refractivity contribution is 5.93. The number of aromatic nitrogens is 2. The van der Waals surface area contributed by atoms with Crippen LogP contribution < -0.4 is 20.3 Å². The zero-order valence-electron chi connectivity index (χ0n) is 16.3. The first kappa shape index (κ1) is 18.7. The van der Waals surface area contributed by atoms with Gasteiger partial charge in [0.25, 0.3) is 0 Å². The molecular weight excluding hydrogens is 366 g/mol. The number of anilines is 2. The number of primary amides is 1. The van der Waals surface area contributed by atoms with Gasteiger partial charge in [-0.3, -0.25) is 4.79 Å². The van der Waals surface area contributed by atoms with Crippen LogP contribution in [0.5, 0.6) is 5.75 Å². The smallest absolute Gasteiger partial charge is 0.248 e. The summed E-state index contributed by atoms with van der Waals surface area (Å²) in [6, 6.07) is 17.1. The van der Waals surface area contributed by atoms with E-state index in [1.54, 1.807) is 25.4 Å². The Balaban J connectivity index is 1.46. The van der Waals surface area contributed by atoms with E-state index in [4.69, 9.17) is 15.5 Å². The van der Waals surface area contributed by atoms with Crippen LogP contribution in [-0.2, 0) is 0 Å². The van der Waals surface area contributed by atoms with Crippen LogP contribution in [0.15, 0.2) is 60.8 Å². The van der Waals surface area contributed by atoms with Crippen molar-refractivity contribution in [2.24, 2.45) is 5.73 Å². The van der Waals surface area contributed by atoms with Crippen molar-refractivity contribution >= 4 is 17.5 Å². The van der Waals surface area contributed by atoms with E-state index in [9.17, 15) is 4.79 Å². The molecule has 0 bridgehead atoms. The van der Waals surface area contributed by atoms with Crippen LogP contribution in [0.4, 0.5) is 11.6 Å². The molecular formula is C22H23N5O2. The molecule has 0 unspecified atom stereocenters. The van der Waals surface area contributed by atoms with Gasteiger partial charge in [0.2, 0.25) is 11.9 Å². The van der Waals surface area contributed by atoms with Crippen LogP contribution in [0.25, 0.3) is 11.3 Å². The number of hydrogen-bond donors (Lipinski definition) is 1. The van der Waals surface area contributed by atoms with E-state index in [1.807, 2.05) is 30.3 Å². The molecule has 1 aromatic heterocycles. The van der Waals surface area contributed by atoms with E-state index >= 15 is 0 Å². The summed E-state index contributed by atoms with van der Waals surface area (Å²) in [5, 5.41) is 0. The van der Waals surface area contributed by atoms with Crippen molar-refractivity contribution in [1.82, 2.24) is 9.97 Å². The average Bonchev–Trinajstić information content (AvgIpc) is 2.79. The molecule has 0 atom stereocenters. The number of nitrogens with two attached hydrogens (primary N) is 1. The summed E-state index contributed by atoms with van der Waals surface area (Å²) >= 11 is 0. The van der Waals surface area contributed by atoms with Crippen LogP contribution in [0, 0.1) is 0 Å². The van der Waals surface area contributed by atoms with Gasteiger partial charge in [-0.1, -0.05) is 18.2 Å². The minimum Gasteiger partial charge on any atom is -0.497 e. The lowest BCUT2D eigenvalue weighted by Crippen LogP contribution is -2.47. The number of carbonyl (C=O) groups excluding carboxylic acids is 1. The summed E-state index contributed by atoms with van der Waals surface area (Å²) in [6.07, 6.45) is 1.77. The van der Waals surface area contributed by atoms with Crippen LogP contribution in [0.3, 0.4) is 0 Å². The maximum absolute atomic E-state index is 11.3. The van der Waals surface area contributed by atoms with Crippen molar-refractivity contribution < 1.29 is 9.53 Å². The molecule has 1 fully saturated rings. The van der Waals surface area contributed by atoms with Crippen LogP contribution in [0.1, 0.15) is 10.4 Å². The lowest BCUT2D eigenvalue weighted by molar-refractivity contribution is 0.100. The first-order chi connectivity index (χ1) is 14.1. The summed E-state index contributed by atoms with van der Waals surface area (Å²) in [5.74, 6) is 1.14. The third-order valence-electron chi connectivity index (χ3n) is 5.09. The van der Waals surface area contributed by atoms with Crippen molar-refractivity contribution in [2.75, 3.05) is 43.1 Å². The van der Waals surface area contributed by atoms with Gasteiger partial charge in [0.15, 0.2) is 0 Å². The Labute approximate surface area is 169 Å². The first-order valence-electron chi connectivity index (χ1n) is 9.51. The van der Waals surface area contributed by atoms with Crippen LogP contribution in [0.2, 0.25) is 0 Å². The topological polar surface area (TPSA) is 84.6 Å². The number of nitrogens with zero attached hydrogens (tertiary/aromatic N) is 4. The number of hydrogen-bond acceptors (Lipinski definition) is 6. The second-order valence-electron chi connectivity index (χ2n) is 6.86. The van der Waals surface area contributed by atoms with Gasteiger partial charge in [0, 0.05) is 55.3 Å². The van der Waals surface area contributed by atoms with E-state index in [1.165, 1.54) is 0 Å². The third-order valence-corrected chi connectivity index (χ3v) is 5.09. The molecule has 1 aliphatic rings. The molecule has 7 nitrogen and oxygen atoms in total. The molecule has 2 N–H and O–H groups in total. The third kappa shape index (κ3) is 4.13. The monoisotopic (exact) mass is 389 g/mol. The molecule has 2 heterocycles. The molecule has 0 radical (unpaired) electrons. The second kappa shape index (κ2) is 8.18. The molecule has 1 amide bonds. The van der Waals surface area contributed by atoms with Crippen molar-refractivity contribution in [3.8, 4) is 17.0 Å². The Hall–Kier alpha value is -3.61. The Morgan fingerprint density at radius 2 is 1.72 bits per heavy atom. The summed E-state index contributed by atoms with van der Waals surface area (Å²) in [5.41, 5.74) is 8.70. The van der Waals surface area contributed by atoms with E-state index in [0.29, 0.717) is 11.5 Å². The van der Waals surface area contributed by atoms with Gasteiger partial charge in [0.05, 0.1) is 12.8 Å². The molecule has 7 heteroatoms. The highest BCUT2D eigenvalue weighted by atomic mass is 16.5. The fraction of sp³-hybridized carbons (Fsp3) is 0.227. The summed E-state index contributed by atoms with van der Waals surface area (Å²) in [4.78, 5) is 25.0. The number of ether oxygens (including phenoxy) is 1. The SMILES string of the molecule is COc1cccc(N2CCN(c3nccc(-c4ccc(C(N)=O)cc4)n3)CC2)c1. The van der Waals surface area contributed by atoms with Gasteiger partial charge in [0.1, 0.15) is 5.75 Å². The largest absolute Gasteiger partial charge is 0.497 e. The van der Waals surface area contributed by atoms with Crippen molar-refractivity contribution in [3.05, 3.63) is 66.4 Å². The molecule has 1 saturated heterocycles. The molecule has 29 heavy (non-hydrogen) atoms. The van der Waals surface area contributed by atoms with Crippen molar-refractivity contribution in [3.63, 3.8) is 0 Å². The first-order valence-corrected chi connectivity index (χ1v) is 9.51. The molecule has 148 valence electrons. The lowest BCUT2D eigenvalue weighted by atomic mass is 10.1. The number of rotatable bonds is 5. The minimum atomic E-state index is -0.436. The average molecular weight is 389 g/mol.